The van der Waals surface area contributed by atoms with Gasteiger partial charge in [-0.2, -0.15) is 0 Å². The van der Waals surface area contributed by atoms with Crippen LogP contribution in [0.1, 0.15) is 35.7 Å². The molecule has 1 aliphatic rings. The Labute approximate surface area is 111 Å². The van der Waals surface area contributed by atoms with Gasteiger partial charge in [0.15, 0.2) is 0 Å². The first kappa shape index (κ1) is 13.9. The maximum absolute atomic E-state index is 12.8. The van der Waals surface area contributed by atoms with Crippen LogP contribution in [0.25, 0.3) is 0 Å². The average Bonchev–Trinajstić information content (AvgIpc) is 2.33. The summed E-state index contributed by atoms with van der Waals surface area (Å²) in [5.74, 6) is -2.92. The molecular weight excluding hydrogens is 250 g/mol. The van der Waals surface area contributed by atoms with Crippen LogP contribution in [0, 0.1) is 5.92 Å². The van der Waals surface area contributed by atoms with E-state index in [9.17, 15) is 13.6 Å². The minimum absolute atomic E-state index is 0.0225. The van der Waals surface area contributed by atoms with E-state index in [1.54, 1.807) is 18.2 Å². The molecule has 1 saturated carbocycles. The standard InChI is InChI=1S/C14H18F2N2O/c1-9(12-6-14(15,16)7-12)18-8-10-3-2-4-11(5-10)13(17)19/h2-5,9,12,18H,6-8H2,1H3,(H2,17,19). The van der Waals surface area contributed by atoms with E-state index in [1.165, 1.54) is 0 Å². The van der Waals surface area contributed by atoms with Gasteiger partial charge in [-0.3, -0.25) is 4.79 Å². The molecule has 0 bridgehead atoms. The van der Waals surface area contributed by atoms with Crippen LogP contribution in [0.4, 0.5) is 8.78 Å². The summed E-state index contributed by atoms with van der Waals surface area (Å²) in [5, 5.41) is 3.22. The fraction of sp³-hybridized carbons (Fsp3) is 0.500. The predicted octanol–water partition coefficient (Wildman–Crippen LogP) is 2.31. The van der Waals surface area contributed by atoms with Crippen LogP contribution in [0.15, 0.2) is 24.3 Å². The molecule has 1 aromatic rings. The van der Waals surface area contributed by atoms with Crippen LogP contribution in [0.3, 0.4) is 0 Å². The summed E-state index contributed by atoms with van der Waals surface area (Å²) in [6.45, 7) is 2.46. The van der Waals surface area contributed by atoms with Crippen molar-refractivity contribution in [2.45, 2.75) is 38.3 Å². The molecule has 1 fully saturated rings. The second kappa shape index (κ2) is 5.25. The van der Waals surface area contributed by atoms with Crippen molar-refractivity contribution in [1.82, 2.24) is 5.32 Å². The molecule has 1 unspecified atom stereocenters. The first-order valence-electron chi connectivity index (χ1n) is 6.37. The molecule has 2 rings (SSSR count). The molecule has 1 amide bonds. The monoisotopic (exact) mass is 268 g/mol. The lowest BCUT2D eigenvalue weighted by molar-refractivity contribution is -0.117. The molecule has 19 heavy (non-hydrogen) atoms. The fourth-order valence-electron chi connectivity index (χ4n) is 2.34. The number of benzene rings is 1. The van der Waals surface area contributed by atoms with Crippen molar-refractivity contribution in [2.24, 2.45) is 11.7 Å². The number of nitrogens with two attached hydrogens (primary N) is 1. The van der Waals surface area contributed by atoms with Crippen LogP contribution in [-0.4, -0.2) is 17.9 Å². The Kier molecular flexibility index (Phi) is 3.85. The second-order valence-electron chi connectivity index (χ2n) is 5.26. The molecule has 3 nitrogen and oxygen atoms in total. The SMILES string of the molecule is CC(NCc1cccc(C(N)=O)c1)C1CC(F)(F)C1. The van der Waals surface area contributed by atoms with Crippen molar-refractivity contribution in [3.05, 3.63) is 35.4 Å². The molecule has 1 aromatic carbocycles. The molecule has 0 heterocycles. The number of carbonyl (C=O) groups is 1. The van der Waals surface area contributed by atoms with Gasteiger partial charge < -0.3 is 11.1 Å². The molecule has 104 valence electrons. The lowest BCUT2D eigenvalue weighted by atomic mass is 9.77. The van der Waals surface area contributed by atoms with Crippen LogP contribution in [0.5, 0.6) is 0 Å². The van der Waals surface area contributed by atoms with Gasteiger partial charge in [-0.05, 0) is 30.5 Å². The molecule has 1 aliphatic carbocycles. The second-order valence-corrected chi connectivity index (χ2v) is 5.26. The number of rotatable bonds is 5. The van der Waals surface area contributed by atoms with Gasteiger partial charge in [-0.25, -0.2) is 8.78 Å². The number of alkyl halides is 2. The topological polar surface area (TPSA) is 55.1 Å². The zero-order chi connectivity index (χ0) is 14.0. The van der Waals surface area contributed by atoms with E-state index in [0.717, 1.165) is 5.56 Å². The summed E-state index contributed by atoms with van der Waals surface area (Å²) in [5.41, 5.74) is 6.59. The van der Waals surface area contributed by atoms with E-state index in [-0.39, 0.29) is 24.8 Å². The Bertz CT molecular complexity index is 468. The van der Waals surface area contributed by atoms with Crippen molar-refractivity contribution in [3.8, 4) is 0 Å². The number of carbonyl (C=O) groups excluding carboxylic acids is 1. The molecule has 0 radical (unpaired) electrons. The van der Waals surface area contributed by atoms with Gasteiger partial charge in [0, 0.05) is 31.0 Å². The summed E-state index contributed by atoms with van der Waals surface area (Å²) < 4.78 is 25.5. The summed E-state index contributed by atoms with van der Waals surface area (Å²) in [7, 11) is 0. The number of halogens is 2. The average molecular weight is 268 g/mol. The third kappa shape index (κ3) is 3.50. The molecule has 0 aliphatic heterocycles. The van der Waals surface area contributed by atoms with Crippen molar-refractivity contribution >= 4 is 5.91 Å². The highest BCUT2D eigenvalue weighted by Crippen LogP contribution is 2.43. The Morgan fingerprint density at radius 1 is 1.53 bits per heavy atom. The van der Waals surface area contributed by atoms with E-state index in [2.05, 4.69) is 5.32 Å². The summed E-state index contributed by atoms with van der Waals surface area (Å²) in [4.78, 5) is 11.0. The smallest absolute Gasteiger partial charge is 0.248 e. The molecular formula is C14H18F2N2O. The quantitative estimate of drug-likeness (QED) is 0.861. The normalized spacial score (nSPS) is 19.7. The van der Waals surface area contributed by atoms with Crippen LogP contribution < -0.4 is 11.1 Å². The van der Waals surface area contributed by atoms with Gasteiger partial charge in [0.25, 0.3) is 0 Å². The highest BCUT2D eigenvalue weighted by molar-refractivity contribution is 5.92. The maximum atomic E-state index is 12.8. The van der Waals surface area contributed by atoms with Crippen molar-refractivity contribution in [2.75, 3.05) is 0 Å². The Morgan fingerprint density at radius 2 is 2.21 bits per heavy atom. The van der Waals surface area contributed by atoms with Crippen molar-refractivity contribution < 1.29 is 13.6 Å². The lowest BCUT2D eigenvalue weighted by Gasteiger charge is -2.39. The van der Waals surface area contributed by atoms with E-state index < -0.39 is 11.8 Å². The van der Waals surface area contributed by atoms with Gasteiger partial charge in [0.1, 0.15) is 0 Å². The largest absolute Gasteiger partial charge is 0.366 e. The summed E-state index contributed by atoms with van der Waals surface area (Å²) in [6, 6.07) is 7.05. The van der Waals surface area contributed by atoms with Crippen molar-refractivity contribution in [1.29, 1.82) is 0 Å². The summed E-state index contributed by atoms with van der Waals surface area (Å²) >= 11 is 0. The zero-order valence-corrected chi connectivity index (χ0v) is 10.8. The van der Waals surface area contributed by atoms with Gasteiger partial charge in [0.05, 0.1) is 0 Å². The lowest BCUT2D eigenvalue weighted by Crippen LogP contribution is -2.46. The summed E-state index contributed by atoms with van der Waals surface area (Å²) in [6.07, 6.45) is -0.0784. The molecule has 1 atom stereocenters. The minimum Gasteiger partial charge on any atom is -0.366 e. The van der Waals surface area contributed by atoms with E-state index in [4.69, 9.17) is 5.73 Å². The highest BCUT2D eigenvalue weighted by Gasteiger charge is 2.47. The predicted molar refractivity (Wildman–Crippen MR) is 68.9 cm³/mol. The van der Waals surface area contributed by atoms with Crippen molar-refractivity contribution in [3.63, 3.8) is 0 Å². The highest BCUT2D eigenvalue weighted by atomic mass is 19.3. The third-order valence-corrected chi connectivity index (χ3v) is 3.67. The molecule has 0 aromatic heterocycles. The van der Waals surface area contributed by atoms with Crippen LogP contribution in [-0.2, 0) is 6.54 Å². The maximum Gasteiger partial charge on any atom is 0.248 e. The van der Waals surface area contributed by atoms with E-state index >= 15 is 0 Å². The van der Waals surface area contributed by atoms with E-state index in [0.29, 0.717) is 12.1 Å². The number of primary amides is 1. The zero-order valence-electron chi connectivity index (χ0n) is 10.8. The molecule has 3 N–H and O–H groups in total. The Balaban J connectivity index is 1.85. The molecule has 5 heteroatoms. The number of nitrogens with one attached hydrogen (secondary N) is 1. The Hall–Kier alpha value is -1.49. The van der Waals surface area contributed by atoms with Crippen LogP contribution in [0.2, 0.25) is 0 Å². The minimum atomic E-state index is -2.48. The molecule has 0 saturated heterocycles. The number of hydrogen-bond donors (Lipinski definition) is 2. The van der Waals surface area contributed by atoms with Crippen LogP contribution >= 0.6 is 0 Å². The number of amides is 1. The molecule has 0 spiro atoms. The van der Waals surface area contributed by atoms with Gasteiger partial charge >= 0.3 is 0 Å². The number of hydrogen-bond acceptors (Lipinski definition) is 2. The Morgan fingerprint density at radius 3 is 2.79 bits per heavy atom. The first-order chi connectivity index (χ1) is 8.87. The van der Waals surface area contributed by atoms with E-state index in [1.807, 2.05) is 13.0 Å². The first-order valence-corrected chi connectivity index (χ1v) is 6.37. The van der Waals surface area contributed by atoms with Gasteiger partial charge in [-0.1, -0.05) is 12.1 Å². The third-order valence-electron chi connectivity index (χ3n) is 3.67. The van der Waals surface area contributed by atoms with Gasteiger partial charge in [0.2, 0.25) is 11.8 Å². The fourth-order valence-corrected chi connectivity index (χ4v) is 2.34. The van der Waals surface area contributed by atoms with Gasteiger partial charge in [-0.15, -0.1) is 0 Å².